The van der Waals surface area contributed by atoms with Crippen LogP contribution in [-0.4, -0.2) is 5.11 Å². The van der Waals surface area contributed by atoms with Crippen molar-refractivity contribution < 1.29 is 9.84 Å². The molecule has 2 nitrogen and oxygen atoms in total. The van der Waals surface area contributed by atoms with E-state index in [0.717, 1.165) is 18.6 Å². The van der Waals surface area contributed by atoms with Crippen molar-refractivity contribution >= 4 is 0 Å². The summed E-state index contributed by atoms with van der Waals surface area (Å²) in [6, 6.07) is 30.1. The summed E-state index contributed by atoms with van der Waals surface area (Å²) in [4.78, 5) is 0. The van der Waals surface area contributed by atoms with E-state index in [0.29, 0.717) is 5.75 Å². The first kappa shape index (κ1) is 28.5. The predicted molar refractivity (Wildman–Crippen MR) is 150 cm³/mol. The normalized spacial score (nSPS) is 10.9. The van der Waals surface area contributed by atoms with Crippen LogP contribution in [0.15, 0.2) is 91.0 Å². The number of hydrogen-bond donors (Lipinski definition) is 1. The molecule has 3 aromatic carbocycles. The van der Waals surface area contributed by atoms with Crippen molar-refractivity contribution in [3.8, 4) is 11.5 Å². The van der Waals surface area contributed by atoms with Crippen LogP contribution in [0.25, 0.3) is 0 Å². The molecule has 0 aliphatic rings. The Morgan fingerprint density at radius 3 is 1.40 bits per heavy atom. The van der Waals surface area contributed by atoms with E-state index in [1.165, 1.54) is 69.8 Å². The average Bonchev–Trinajstić information content (AvgIpc) is 2.90. The SMILES string of the molecule is CCCCCCCC(CCCCCCC)(Oc1ccccc1)c1ccccc1.Oc1ccccc1. The molecule has 0 bridgehead atoms. The van der Waals surface area contributed by atoms with Crippen LogP contribution in [0.3, 0.4) is 0 Å². The van der Waals surface area contributed by atoms with Crippen molar-refractivity contribution in [1.29, 1.82) is 0 Å². The van der Waals surface area contributed by atoms with E-state index in [-0.39, 0.29) is 5.60 Å². The molecule has 35 heavy (non-hydrogen) atoms. The summed E-state index contributed by atoms with van der Waals surface area (Å²) < 4.78 is 6.80. The summed E-state index contributed by atoms with van der Waals surface area (Å²) in [6.45, 7) is 4.56. The highest BCUT2D eigenvalue weighted by atomic mass is 16.5. The Balaban J connectivity index is 0.000000527. The first-order chi connectivity index (χ1) is 17.2. The molecule has 190 valence electrons. The van der Waals surface area contributed by atoms with E-state index < -0.39 is 0 Å². The fourth-order valence-electron chi connectivity index (χ4n) is 4.49. The molecule has 2 heteroatoms. The van der Waals surface area contributed by atoms with E-state index in [1.807, 2.05) is 6.07 Å². The number of unbranched alkanes of at least 4 members (excludes halogenated alkanes) is 8. The lowest BCUT2D eigenvalue weighted by Crippen LogP contribution is -2.33. The number of phenols is 1. The van der Waals surface area contributed by atoms with E-state index in [1.54, 1.807) is 24.3 Å². The van der Waals surface area contributed by atoms with E-state index >= 15 is 0 Å². The van der Waals surface area contributed by atoms with Crippen LogP contribution >= 0.6 is 0 Å². The Kier molecular flexibility index (Phi) is 14.4. The maximum atomic E-state index is 8.63. The lowest BCUT2D eigenvalue weighted by atomic mass is 9.83. The first-order valence-corrected chi connectivity index (χ1v) is 13.7. The molecule has 0 fully saturated rings. The zero-order valence-electron chi connectivity index (χ0n) is 22.0. The maximum absolute atomic E-state index is 8.63. The van der Waals surface area contributed by atoms with Gasteiger partial charge in [-0.1, -0.05) is 132 Å². The Hall–Kier alpha value is -2.74. The van der Waals surface area contributed by atoms with Gasteiger partial charge in [0.25, 0.3) is 0 Å². The Bertz CT molecular complexity index is 847. The van der Waals surface area contributed by atoms with Gasteiger partial charge in [0.05, 0.1) is 0 Å². The Morgan fingerprint density at radius 1 is 0.543 bits per heavy atom. The van der Waals surface area contributed by atoms with Gasteiger partial charge in [0.1, 0.15) is 17.1 Å². The highest BCUT2D eigenvalue weighted by molar-refractivity contribution is 5.28. The molecule has 0 aliphatic carbocycles. The molecule has 0 amide bonds. The summed E-state index contributed by atoms with van der Waals surface area (Å²) >= 11 is 0. The van der Waals surface area contributed by atoms with Gasteiger partial charge >= 0.3 is 0 Å². The average molecular weight is 475 g/mol. The molecule has 0 aliphatic heterocycles. The first-order valence-electron chi connectivity index (χ1n) is 13.7. The van der Waals surface area contributed by atoms with Crippen molar-refractivity contribution in [1.82, 2.24) is 0 Å². The lowest BCUT2D eigenvalue weighted by molar-refractivity contribution is 0.0411. The Morgan fingerprint density at radius 2 is 0.971 bits per heavy atom. The molecule has 0 saturated carbocycles. The molecule has 0 atom stereocenters. The fourth-order valence-corrected chi connectivity index (χ4v) is 4.49. The molecule has 0 saturated heterocycles. The van der Waals surface area contributed by atoms with E-state index in [2.05, 4.69) is 74.5 Å². The predicted octanol–water partition coefficient (Wildman–Crippen LogP) is 10.1. The molecular weight excluding hydrogens is 428 g/mol. The van der Waals surface area contributed by atoms with Gasteiger partial charge in [-0.15, -0.1) is 0 Å². The van der Waals surface area contributed by atoms with Crippen molar-refractivity contribution in [2.24, 2.45) is 0 Å². The van der Waals surface area contributed by atoms with Crippen molar-refractivity contribution in [3.05, 3.63) is 96.6 Å². The van der Waals surface area contributed by atoms with Gasteiger partial charge in [0.15, 0.2) is 0 Å². The molecule has 1 N–H and O–H groups in total. The monoisotopic (exact) mass is 474 g/mol. The van der Waals surface area contributed by atoms with Crippen LogP contribution < -0.4 is 4.74 Å². The number of hydrogen-bond acceptors (Lipinski definition) is 2. The molecule has 0 heterocycles. The number of ether oxygens (including phenoxy) is 1. The van der Waals surface area contributed by atoms with Crippen LogP contribution in [0, 0.1) is 0 Å². The number of benzene rings is 3. The lowest BCUT2D eigenvalue weighted by Gasteiger charge is -2.36. The minimum Gasteiger partial charge on any atom is -0.508 e. The fraction of sp³-hybridized carbons (Fsp3) is 0.455. The van der Waals surface area contributed by atoms with Crippen LogP contribution in [0.4, 0.5) is 0 Å². The highest BCUT2D eigenvalue weighted by Crippen LogP contribution is 2.38. The third-order valence-electron chi connectivity index (χ3n) is 6.48. The van der Waals surface area contributed by atoms with Gasteiger partial charge in [-0.3, -0.25) is 0 Å². The summed E-state index contributed by atoms with van der Waals surface area (Å²) in [5.41, 5.74) is 1.13. The zero-order chi connectivity index (χ0) is 25.0. The number of phenolic OH excluding ortho intramolecular Hbond substituents is 1. The minimum absolute atomic E-state index is 0.207. The molecule has 0 radical (unpaired) electrons. The van der Waals surface area contributed by atoms with Crippen LogP contribution in [0.5, 0.6) is 11.5 Å². The molecule has 3 aromatic rings. The molecule has 3 rings (SSSR count). The summed E-state index contributed by atoms with van der Waals surface area (Å²) in [5.74, 6) is 1.32. The molecule has 0 unspecified atom stereocenters. The smallest absolute Gasteiger partial charge is 0.134 e. The van der Waals surface area contributed by atoms with Crippen molar-refractivity contribution in [2.75, 3.05) is 0 Å². The van der Waals surface area contributed by atoms with E-state index in [9.17, 15) is 0 Å². The summed E-state index contributed by atoms with van der Waals surface area (Å²) in [7, 11) is 0. The van der Waals surface area contributed by atoms with Gasteiger partial charge in [-0.2, -0.15) is 0 Å². The number of aromatic hydroxyl groups is 1. The van der Waals surface area contributed by atoms with Crippen LogP contribution in [0.2, 0.25) is 0 Å². The van der Waals surface area contributed by atoms with Gasteiger partial charge in [0.2, 0.25) is 0 Å². The molecule has 0 spiro atoms. The quantitative estimate of drug-likeness (QED) is 0.222. The van der Waals surface area contributed by atoms with Crippen LogP contribution in [0.1, 0.15) is 96.5 Å². The van der Waals surface area contributed by atoms with Crippen LogP contribution in [-0.2, 0) is 5.60 Å². The third-order valence-corrected chi connectivity index (χ3v) is 6.48. The molecule has 0 aromatic heterocycles. The minimum atomic E-state index is -0.207. The van der Waals surface area contributed by atoms with Gasteiger partial charge in [0, 0.05) is 0 Å². The second-order valence-corrected chi connectivity index (χ2v) is 9.44. The van der Waals surface area contributed by atoms with E-state index in [4.69, 9.17) is 9.84 Å². The maximum Gasteiger partial charge on any atom is 0.134 e. The third kappa shape index (κ3) is 11.5. The van der Waals surface area contributed by atoms with Gasteiger partial charge in [-0.25, -0.2) is 0 Å². The standard InChI is InChI=1S/C27H40O.C6H6O/c1-3-5-7-9-17-23-27(24-18-10-8-6-4-2,25-19-13-11-14-20-25)28-26-21-15-12-16-22-26;7-6-4-2-1-3-5-6/h11-16,19-22H,3-10,17-18,23-24H2,1-2H3;1-5,7H. The van der Waals surface area contributed by atoms with Gasteiger partial charge < -0.3 is 9.84 Å². The second-order valence-electron chi connectivity index (χ2n) is 9.44. The molecular formula is C33H46O2. The topological polar surface area (TPSA) is 29.5 Å². The second kappa shape index (κ2) is 17.7. The van der Waals surface area contributed by atoms with Crippen molar-refractivity contribution in [2.45, 2.75) is 96.5 Å². The van der Waals surface area contributed by atoms with Gasteiger partial charge in [-0.05, 0) is 55.5 Å². The summed E-state index contributed by atoms with van der Waals surface area (Å²) in [6.07, 6.45) is 15.2. The number of rotatable bonds is 15. The Labute approximate surface area is 214 Å². The summed E-state index contributed by atoms with van der Waals surface area (Å²) in [5, 5.41) is 8.63. The highest BCUT2D eigenvalue weighted by Gasteiger charge is 2.33. The zero-order valence-corrected chi connectivity index (χ0v) is 22.0. The number of para-hydroxylation sites is 2. The largest absolute Gasteiger partial charge is 0.508 e. The van der Waals surface area contributed by atoms with Crippen molar-refractivity contribution in [3.63, 3.8) is 0 Å².